The molecule has 11 nitrogen and oxygen atoms in total. The molecule has 0 saturated carbocycles. The third kappa shape index (κ3) is 3.82. The van der Waals surface area contributed by atoms with Gasteiger partial charge in [-0.1, -0.05) is 5.16 Å². The van der Waals surface area contributed by atoms with Crippen LogP contribution in [0.4, 0.5) is 10.5 Å². The molecule has 3 heterocycles. The molecule has 0 spiro atoms. The fourth-order valence-corrected chi connectivity index (χ4v) is 3.21. The van der Waals surface area contributed by atoms with Gasteiger partial charge in [0.25, 0.3) is 11.5 Å². The van der Waals surface area contributed by atoms with E-state index in [1.54, 1.807) is 6.92 Å². The Kier molecular flexibility index (Phi) is 5.62. The number of nitrogens with zero attached hydrogens (tertiary/aromatic N) is 4. The van der Waals surface area contributed by atoms with Crippen molar-refractivity contribution < 1.29 is 24.0 Å². The van der Waals surface area contributed by atoms with Gasteiger partial charge in [0, 0.05) is 26.1 Å². The zero-order valence-electron chi connectivity index (χ0n) is 15.5. The quantitative estimate of drug-likeness (QED) is 0.777. The number of anilines is 1. The van der Waals surface area contributed by atoms with Gasteiger partial charge in [0.05, 0.1) is 12.8 Å². The summed E-state index contributed by atoms with van der Waals surface area (Å²) in [5.74, 6) is -0.764. The number of nitrogens with one attached hydrogen (secondary N) is 1. The second kappa shape index (κ2) is 8.11. The van der Waals surface area contributed by atoms with E-state index >= 15 is 0 Å². The first-order chi connectivity index (χ1) is 13.4. The number of carbonyl (C=O) groups excluding carboxylic acids is 1. The predicted octanol–water partition coefficient (Wildman–Crippen LogP) is 1.28. The summed E-state index contributed by atoms with van der Waals surface area (Å²) in [6, 6.07) is 0. The van der Waals surface area contributed by atoms with Crippen molar-refractivity contribution in [3.63, 3.8) is 0 Å². The monoisotopic (exact) mass is 391 g/mol. The minimum absolute atomic E-state index is 0.159. The van der Waals surface area contributed by atoms with Gasteiger partial charge in [-0.05, 0) is 19.8 Å². The first kappa shape index (κ1) is 19.4. The van der Waals surface area contributed by atoms with Crippen LogP contribution in [0, 0.1) is 0 Å². The average molecular weight is 391 g/mol. The van der Waals surface area contributed by atoms with Crippen LogP contribution < -0.4 is 15.6 Å². The zero-order valence-corrected chi connectivity index (χ0v) is 15.5. The van der Waals surface area contributed by atoms with Gasteiger partial charge in [-0.15, -0.1) is 0 Å². The number of hydrogen-bond donors (Lipinski definition) is 2. The highest BCUT2D eigenvalue weighted by atomic mass is 16.5. The lowest BCUT2D eigenvalue weighted by molar-refractivity contribution is 0.101. The number of carboxylic acid groups (broad SMARTS) is 1. The zero-order chi connectivity index (χ0) is 20.3. The summed E-state index contributed by atoms with van der Waals surface area (Å²) in [5, 5.41) is 15.3. The molecule has 1 atom stereocenters. The Morgan fingerprint density at radius 1 is 1.46 bits per heavy atom. The molecule has 0 unspecified atom stereocenters. The molecule has 1 fully saturated rings. The molecule has 28 heavy (non-hydrogen) atoms. The fourth-order valence-electron chi connectivity index (χ4n) is 3.21. The molecule has 2 amide bonds. The van der Waals surface area contributed by atoms with Gasteiger partial charge < -0.3 is 24.6 Å². The molecule has 2 aromatic rings. The van der Waals surface area contributed by atoms with E-state index in [0.29, 0.717) is 30.9 Å². The lowest BCUT2D eigenvalue weighted by Gasteiger charge is -2.31. The van der Waals surface area contributed by atoms with Gasteiger partial charge in [-0.25, -0.2) is 9.78 Å². The van der Waals surface area contributed by atoms with E-state index < -0.39 is 17.6 Å². The van der Waals surface area contributed by atoms with Crippen LogP contribution in [-0.4, -0.2) is 56.4 Å². The minimum atomic E-state index is -1.02. The Bertz CT molecular complexity index is 923. The molecule has 0 aromatic carbocycles. The maximum Gasteiger partial charge on any atom is 0.407 e. The maximum absolute atomic E-state index is 12.8. The van der Waals surface area contributed by atoms with Gasteiger partial charge in [-0.2, -0.15) is 0 Å². The second-order valence-electron chi connectivity index (χ2n) is 6.38. The van der Waals surface area contributed by atoms with Crippen molar-refractivity contribution >= 4 is 17.7 Å². The number of carbonyl (C=O) groups is 2. The average Bonchev–Trinajstić information content (AvgIpc) is 3.18. The molecular formula is C17H21N5O6. The SMILES string of the molecule is CCOc1c(C(=O)Nc2cnoc2)nc([C@@H]2CCCN(C(=O)O)C2)n(C)c1=O. The Labute approximate surface area is 159 Å². The number of piperidine rings is 1. The Morgan fingerprint density at radius 3 is 2.89 bits per heavy atom. The van der Waals surface area contributed by atoms with Crippen LogP contribution in [0.5, 0.6) is 5.75 Å². The van der Waals surface area contributed by atoms with Crippen molar-refractivity contribution in [3.8, 4) is 5.75 Å². The van der Waals surface area contributed by atoms with Crippen molar-refractivity contribution in [1.29, 1.82) is 0 Å². The molecule has 1 saturated heterocycles. The molecule has 1 aliphatic heterocycles. The standard InChI is InChI=1S/C17H21N5O6/c1-3-27-13-12(15(23)19-11-7-18-28-9-11)20-14(21(2)16(13)24)10-5-4-6-22(8-10)17(25)26/h7,9-10H,3-6,8H2,1-2H3,(H,19,23)(H,25,26)/t10-/m1/s1. The third-order valence-corrected chi connectivity index (χ3v) is 4.53. The second-order valence-corrected chi connectivity index (χ2v) is 6.38. The number of likely N-dealkylation sites (tertiary alicyclic amines) is 1. The first-order valence-corrected chi connectivity index (χ1v) is 8.84. The summed E-state index contributed by atoms with van der Waals surface area (Å²) in [4.78, 5) is 42.5. The summed E-state index contributed by atoms with van der Waals surface area (Å²) >= 11 is 0. The van der Waals surface area contributed by atoms with E-state index in [0.717, 1.165) is 0 Å². The summed E-state index contributed by atoms with van der Waals surface area (Å²) in [5.41, 5.74) is -0.352. The number of aromatic nitrogens is 3. The van der Waals surface area contributed by atoms with Gasteiger partial charge in [0.1, 0.15) is 17.8 Å². The number of rotatable bonds is 5. The fraction of sp³-hybridized carbons (Fsp3) is 0.471. The predicted molar refractivity (Wildman–Crippen MR) is 96.7 cm³/mol. The normalized spacial score (nSPS) is 16.6. The van der Waals surface area contributed by atoms with Crippen LogP contribution in [0.2, 0.25) is 0 Å². The lowest BCUT2D eigenvalue weighted by atomic mass is 9.97. The molecular weight excluding hydrogens is 370 g/mol. The van der Waals surface area contributed by atoms with Crippen LogP contribution >= 0.6 is 0 Å². The van der Waals surface area contributed by atoms with Gasteiger partial charge in [0.15, 0.2) is 5.69 Å². The molecule has 150 valence electrons. The van der Waals surface area contributed by atoms with Gasteiger partial charge in [0.2, 0.25) is 5.75 Å². The Hall–Kier alpha value is -3.37. The molecule has 2 N–H and O–H groups in total. The highest BCUT2D eigenvalue weighted by Crippen LogP contribution is 2.26. The highest BCUT2D eigenvalue weighted by molar-refractivity contribution is 6.04. The molecule has 0 bridgehead atoms. The van der Waals surface area contributed by atoms with Crippen LogP contribution in [0.1, 0.15) is 42.0 Å². The van der Waals surface area contributed by atoms with E-state index in [4.69, 9.17) is 4.74 Å². The summed E-state index contributed by atoms with van der Waals surface area (Å²) < 4.78 is 11.4. The summed E-state index contributed by atoms with van der Waals surface area (Å²) in [6.45, 7) is 2.51. The van der Waals surface area contributed by atoms with Crippen LogP contribution in [0.15, 0.2) is 21.8 Å². The molecule has 2 aromatic heterocycles. The van der Waals surface area contributed by atoms with E-state index in [1.807, 2.05) is 0 Å². The van der Waals surface area contributed by atoms with E-state index in [2.05, 4.69) is 20.0 Å². The maximum atomic E-state index is 12.8. The van der Waals surface area contributed by atoms with Crippen LogP contribution in [0.3, 0.4) is 0 Å². The van der Waals surface area contributed by atoms with Crippen molar-refractivity contribution in [2.24, 2.45) is 7.05 Å². The number of amides is 2. The highest BCUT2D eigenvalue weighted by Gasteiger charge is 2.30. The van der Waals surface area contributed by atoms with Crippen molar-refractivity contribution in [2.75, 3.05) is 25.0 Å². The first-order valence-electron chi connectivity index (χ1n) is 8.84. The molecule has 0 radical (unpaired) electrons. The van der Waals surface area contributed by atoms with E-state index in [1.165, 1.54) is 29.0 Å². The van der Waals surface area contributed by atoms with Crippen LogP contribution in [0.25, 0.3) is 0 Å². The topological polar surface area (TPSA) is 140 Å². The smallest absolute Gasteiger partial charge is 0.407 e. The lowest BCUT2D eigenvalue weighted by Crippen LogP contribution is -2.40. The Balaban J connectivity index is 2.01. The third-order valence-electron chi connectivity index (χ3n) is 4.53. The molecule has 11 heteroatoms. The van der Waals surface area contributed by atoms with Crippen molar-refractivity contribution in [2.45, 2.75) is 25.7 Å². The number of hydrogen-bond acceptors (Lipinski definition) is 7. The largest absolute Gasteiger partial charge is 0.486 e. The summed E-state index contributed by atoms with van der Waals surface area (Å²) in [6.07, 6.45) is 2.83. The van der Waals surface area contributed by atoms with Crippen molar-refractivity contribution in [3.05, 3.63) is 34.3 Å². The van der Waals surface area contributed by atoms with E-state index in [9.17, 15) is 19.5 Å². The van der Waals surface area contributed by atoms with E-state index in [-0.39, 0.29) is 30.5 Å². The summed E-state index contributed by atoms with van der Waals surface area (Å²) in [7, 11) is 1.54. The minimum Gasteiger partial charge on any atom is -0.486 e. The van der Waals surface area contributed by atoms with Gasteiger partial charge in [-0.3, -0.25) is 14.2 Å². The molecule has 1 aliphatic rings. The van der Waals surface area contributed by atoms with Crippen LogP contribution in [-0.2, 0) is 7.05 Å². The van der Waals surface area contributed by atoms with Gasteiger partial charge >= 0.3 is 6.09 Å². The molecule has 0 aliphatic carbocycles. The van der Waals surface area contributed by atoms with Crippen molar-refractivity contribution in [1.82, 2.24) is 19.6 Å². The Morgan fingerprint density at radius 2 is 2.25 bits per heavy atom. The number of ether oxygens (including phenoxy) is 1. The molecule has 3 rings (SSSR count).